The lowest BCUT2D eigenvalue weighted by molar-refractivity contribution is 0.0942. The van der Waals surface area contributed by atoms with Gasteiger partial charge in [-0.1, -0.05) is 19.1 Å². The summed E-state index contributed by atoms with van der Waals surface area (Å²) < 4.78 is 34.1. The van der Waals surface area contributed by atoms with Crippen LogP contribution in [0.25, 0.3) is 0 Å². The molecule has 1 aliphatic rings. The van der Waals surface area contributed by atoms with Crippen LogP contribution in [0.1, 0.15) is 35.8 Å². The van der Waals surface area contributed by atoms with Crippen molar-refractivity contribution in [3.63, 3.8) is 0 Å². The van der Waals surface area contributed by atoms with Crippen molar-refractivity contribution in [2.24, 2.45) is 13.0 Å². The van der Waals surface area contributed by atoms with Crippen LogP contribution in [-0.2, 0) is 23.6 Å². The van der Waals surface area contributed by atoms with Crippen molar-refractivity contribution in [2.75, 3.05) is 20.2 Å². The number of hydrogen-bond donors (Lipinski definition) is 1. The average molecular weight is 406 g/mol. The average Bonchev–Trinajstić information content (AvgIpc) is 3.09. The Hall–Kier alpha value is -2.32. The van der Waals surface area contributed by atoms with E-state index in [1.54, 1.807) is 18.7 Å². The molecule has 8 heteroatoms. The van der Waals surface area contributed by atoms with Gasteiger partial charge in [-0.15, -0.1) is 0 Å². The molecule has 1 unspecified atom stereocenters. The zero-order valence-electron chi connectivity index (χ0n) is 16.5. The van der Waals surface area contributed by atoms with Gasteiger partial charge in [0.15, 0.2) is 0 Å². The molecule has 1 saturated heterocycles. The normalized spacial score (nSPS) is 18.0. The van der Waals surface area contributed by atoms with Crippen LogP contribution < -0.4 is 10.1 Å². The quantitative estimate of drug-likeness (QED) is 0.800. The van der Waals surface area contributed by atoms with Crippen LogP contribution in [0.15, 0.2) is 41.4 Å². The number of benzene rings is 1. The van der Waals surface area contributed by atoms with Crippen molar-refractivity contribution >= 4 is 15.9 Å². The monoisotopic (exact) mass is 405 g/mol. The van der Waals surface area contributed by atoms with Crippen LogP contribution in [0.2, 0.25) is 0 Å². The highest BCUT2D eigenvalue weighted by atomic mass is 32.2. The molecule has 0 radical (unpaired) electrons. The molecule has 1 N–H and O–H groups in total. The number of methoxy groups -OCH3 is 1. The van der Waals surface area contributed by atoms with E-state index in [9.17, 15) is 13.2 Å². The van der Waals surface area contributed by atoms with E-state index in [0.717, 1.165) is 24.2 Å². The first-order valence-corrected chi connectivity index (χ1v) is 10.8. The van der Waals surface area contributed by atoms with Crippen molar-refractivity contribution < 1.29 is 17.9 Å². The smallest absolute Gasteiger partial charge is 0.268 e. The second-order valence-corrected chi connectivity index (χ2v) is 9.25. The molecule has 1 atom stereocenters. The molecule has 28 heavy (non-hydrogen) atoms. The molecule has 1 aromatic heterocycles. The van der Waals surface area contributed by atoms with Crippen molar-refractivity contribution in [1.29, 1.82) is 0 Å². The number of piperidine rings is 1. The van der Waals surface area contributed by atoms with Gasteiger partial charge in [-0.2, -0.15) is 4.31 Å². The minimum absolute atomic E-state index is 0.163. The maximum Gasteiger partial charge on any atom is 0.268 e. The topological polar surface area (TPSA) is 80.6 Å². The molecule has 1 amide bonds. The molecule has 1 aliphatic heterocycles. The van der Waals surface area contributed by atoms with E-state index < -0.39 is 10.0 Å². The second kappa shape index (κ2) is 8.36. The molecular formula is C20H27N3O4S. The van der Waals surface area contributed by atoms with Crippen LogP contribution in [0, 0.1) is 5.92 Å². The third kappa shape index (κ3) is 4.39. The molecule has 1 aromatic carbocycles. The Balaban J connectivity index is 1.73. The molecule has 0 bridgehead atoms. The third-order valence-corrected chi connectivity index (χ3v) is 6.89. The minimum Gasteiger partial charge on any atom is -0.497 e. The lowest BCUT2D eigenvalue weighted by Crippen LogP contribution is -2.38. The molecular weight excluding hydrogens is 378 g/mol. The van der Waals surface area contributed by atoms with Crippen LogP contribution in [0.4, 0.5) is 0 Å². The van der Waals surface area contributed by atoms with Gasteiger partial charge in [0, 0.05) is 32.9 Å². The summed E-state index contributed by atoms with van der Waals surface area (Å²) in [5, 5.41) is 2.84. The summed E-state index contributed by atoms with van der Waals surface area (Å²) >= 11 is 0. The van der Waals surface area contributed by atoms with Gasteiger partial charge in [0.2, 0.25) is 10.0 Å². The van der Waals surface area contributed by atoms with E-state index in [0.29, 0.717) is 31.2 Å². The number of nitrogens with zero attached hydrogens (tertiary/aromatic N) is 2. The molecule has 152 valence electrons. The number of hydrogen-bond acceptors (Lipinski definition) is 4. The number of sulfonamides is 1. The van der Waals surface area contributed by atoms with E-state index >= 15 is 0 Å². The van der Waals surface area contributed by atoms with Gasteiger partial charge in [-0.05, 0) is 42.5 Å². The fourth-order valence-electron chi connectivity index (χ4n) is 3.47. The molecule has 0 aliphatic carbocycles. The summed E-state index contributed by atoms with van der Waals surface area (Å²) in [6.45, 7) is 3.44. The second-order valence-electron chi connectivity index (χ2n) is 7.32. The summed E-state index contributed by atoms with van der Waals surface area (Å²) in [5.41, 5.74) is 1.21. The Morgan fingerprint density at radius 1 is 1.32 bits per heavy atom. The standard InChI is InChI=1S/C20H27N3O4S/c1-15-6-5-9-23(13-15)28(25,26)18-11-19(22(2)14-18)20(24)21-12-16-7-4-8-17(10-16)27-3/h4,7-8,10-11,14-15H,5-6,9,12-13H2,1-3H3,(H,21,24). The minimum atomic E-state index is -3.59. The zero-order chi connectivity index (χ0) is 20.3. The fourth-order valence-corrected chi connectivity index (χ4v) is 5.14. The van der Waals surface area contributed by atoms with Crippen LogP contribution in [0.3, 0.4) is 0 Å². The maximum atomic E-state index is 12.9. The maximum absolute atomic E-state index is 12.9. The lowest BCUT2D eigenvalue weighted by atomic mass is 10.0. The number of rotatable bonds is 6. The van der Waals surface area contributed by atoms with Gasteiger partial charge in [0.25, 0.3) is 5.91 Å². The van der Waals surface area contributed by atoms with E-state index in [4.69, 9.17) is 4.74 Å². The van der Waals surface area contributed by atoms with Crippen molar-refractivity contribution in [3.8, 4) is 5.75 Å². The van der Waals surface area contributed by atoms with Gasteiger partial charge < -0.3 is 14.6 Å². The van der Waals surface area contributed by atoms with Crippen molar-refractivity contribution in [3.05, 3.63) is 47.8 Å². The number of aryl methyl sites for hydroxylation is 1. The first kappa shape index (κ1) is 20.4. The van der Waals surface area contributed by atoms with Gasteiger partial charge in [0.1, 0.15) is 16.3 Å². The van der Waals surface area contributed by atoms with Gasteiger partial charge in [-0.25, -0.2) is 8.42 Å². The summed E-state index contributed by atoms with van der Waals surface area (Å²) in [4.78, 5) is 12.8. The van der Waals surface area contributed by atoms with Crippen molar-refractivity contribution in [1.82, 2.24) is 14.2 Å². The van der Waals surface area contributed by atoms with Crippen molar-refractivity contribution in [2.45, 2.75) is 31.2 Å². The number of ether oxygens (including phenoxy) is 1. The van der Waals surface area contributed by atoms with E-state index in [2.05, 4.69) is 12.2 Å². The van der Waals surface area contributed by atoms with E-state index in [-0.39, 0.29) is 10.8 Å². The lowest BCUT2D eigenvalue weighted by Gasteiger charge is -2.29. The first-order valence-electron chi connectivity index (χ1n) is 9.39. The predicted octanol–water partition coefficient (Wildman–Crippen LogP) is 2.38. The number of amides is 1. The zero-order valence-corrected chi connectivity index (χ0v) is 17.3. The summed E-state index contributed by atoms with van der Waals surface area (Å²) in [6.07, 6.45) is 3.41. The summed E-state index contributed by atoms with van der Waals surface area (Å²) in [7, 11) is -0.321. The highest BCUT2D eigenvalue weighted by molar-refractivity contribution is 7.89. The summed E-state index contributed by atoms with van der Waals surface area (Å²) in [6, 6.07) is 8.88. The van der Waals surface area contributed by atoms with E-state index in [1.165, 1.54) is 16.6 Å². The van der Waals surface area contributed by atoms with E-state index in [1.807, 2.05) is 24.3 Å². The van der Waals surface area contributed by atoms with Gasteiger partial charge >= 0.3 is 0 Å². The SMILES string of the molecule is COc1cccc(CNC(=O)c2cc(S(=O)(=O)N3CCCC(C)C3)cn2C)c1. The Kier molecular flexibility index (Phi) is 6.10. The molecule has 1 fully saturated rings. The predicted molar refractivity (Wildman–Crippen MR) is 107 cm³/mol. The fraction of sp³-hybridized carbons (Fsp3) is 0.450. The number of carbonyl (C=O) groups excluding carboxylic acids is 1. The number of nitrogens with one attached hydrogen (secondary N) is 1. The highest BCUT2D eigenvalue weighted by Crippen LogP contribution is 2.24. The Morgan fingerprint density at radius 3 is 2.82 bits per heavy atom. The Bertz CT molecular complexity index is 952. The van der Waals surface area contributed by atoms with Crippen LogP contribution in [-0.4, -0.2) is 43.4 Å². The molecule has 2 heterocycles. The molecule has 3 rings (SSSR count). The molecule has 0 spiro atoms. The van der Waals surface area contributed by atoms with Gasteiger partial charge in [-0.3, -0.25) is 4.79 Å². The molecule has 7 nitrogen and oxygen atoms in total. The number of aromatic nitrogens is 1. The number of carbonyl (C=O) groups is 1. The highest BCUT2D eigenvalue weighted by Gasteiger charge is 2.30. The third-order valence-electron chi connectivity index (χ3n) is 5.06. The summed E-state index contributed by atoms with van der Waals surface area (Å²) in [5.74, 6) is 0.742. The first-order chi connectivity index (χ1) is 13.3. The molecule has 0 saturated carbocycles. The Labute approximate surface area is 166 Å². The Morgan fingerprint density at radius 2 is 2.11 bits per heavy atom. The largest absolute Gasteiger partial charge is 0.497 e. The van der Waals surface area contributed by atoms with Crippen LogP contribution >= 0.6 is 0 Å². The van der Waals surface area contributed by atoms with Gasteiger partial charge in [0.05, 0.1) is 7.11 Å². The van der Waals surface area contributed by atoms with Crippen LogP contribution in [0.5, 0.6) is 5.75 Å². The molecule has 2 aromatic rings.